The fourth-order valence-electron chi connectivity index (χ4n) is 2.91. The molecule has 0 saturated carbocycles. The van der Waals surface area contributed by atoms with Crippen LogP contribution >= 0.6 is 11.6 Å². The first-order valence-electron chi connectivity index (χ1n) is 7.62. The lowest BCUT2D eigenvalue weighted by Gasteiger charge is -2.26. The molecule has 0 unspecified atom stereocenters. The molecule has 2 aromatic carbocycles. The maximum absolute atomic E-state index is 12.7. The molecule has 0 radical (unpaired) electrons. The van der Waals surface area contributed by atoms with Gasteiger partial charge in [0.15, 0.2) is 0 Å². The summed E-state index contributed by atoms with van der Waals surface area (Å²) in [6, 6.07) is 9.21. The predicted molar refractivity (Wildman–Crippen MR) is 87.3 cm³/mol. The van der Waals surface area contributed by atoms with Crippen LogP contribution in [-0.4, -0.2) is 18.5 Å². The summed E-state index contributed by atoms with van der Waals surface area (Å²) < 4.78 is 43.7. The number of rotatable bonds is 3. The van der Waals surface area contributed by atoms with Crippen molar-refractivity contribution in [3.05, 3.63) is 63.7 Å². The summed E-state index contributed by atoms with van der Waals surface area (Å²) in [6.07, 6.45) is -3.47. The summed E-state index contributed by atoms with van der Waals surface area (Å²) in [7, 11) is 2.08. The Kier molecular flexibility index (Phi) is 4.74. The van der Waals surface area contributed by atoms with Crippen molar-refractivity contribution < 1.29 is 17.9 Å². The number of halogens is 4. The molecule has 1 aliphatic heterocycles. The van der Waals surface area contributed by atoms with Gasteiger partial charge in [0.25, 0.3) is 0 Å². The van der Waals surface area contributed by atoms with E-state index in [-0.39, 0.29) is 17.4 Å². The highest BCUT2D eigenvalue weighted by atomic mass is 35.5. The third-order valence-corrected chi connectivity index (χ3v) is 4.49. The van der Waals surface area contributed by atoms with Gasteiger partial charge in [-0.2, -0.15) is 13.2 Å². The van der Waals surface area contributed by atoms with Gasteiger partial charge in [-0.05, 0) is 48.4 Å². The fraction of sp³-hybridized carbons (Fsp3) is 0.333. The maximum atomic E-state index is 12.7. The van der Waals surface area contributed by atoms with Gasteiger partial charge in [-0.1, -0.05) is 29.8 Å². The fourth-order valence-corrected chi connectivity index (χ4v) is 3.15. The molecule has 0 spiro atoms. The monoisotopic (exact) mass is 355 g/mol. The predicted octanol–water partition coefficient (Wildman–Crippen LogP) is 4.93. The van der Waals surface area contributed by atoms with Crippen LogP contribution in [0, 0.1) is 0 Å². The van der Waals surface area contributed by atoms with Gasteiger partial charge in [0.1, 0.15) is 12.4 Å². The molecule has 128 valence electrons. The second kappa shape index (κ2) is 6.65. The molecule has 0 bridgehead atoms. The van der Waals surface area contributed by atoms with Gasteiger partial charge in [0.2, 0.25) is 0 Å². The van der Waals surface area contributed by atoms with E-state index in [1.165, 1.54) is 17.2 Å². The van der Waals surface area contributed by atoms with Crippen molar-refractivity contribution in [2.24, 2.45) is 0 Å². The summed E-state index contributed by atoms with van der Waals surface area (Å²) in [5, 5.41) is -0.0330. The first-order chi connectivity index (χ1) is 11.3. The third kappa shape index (κ3) is 3.68. The second-order valence-corrected chi connectivity index (χ2v) is 6.38. The van der Waals surface area contributed by atoms with Gasteiger partial charge in [-0.25, -0.2) is 0 Å². The molecule has 0 aromatic heterocycles. The van der Waals surface area contributed by atoms with Gasteiger partial charge in [-0.15, -0.1) is 0 Å². The minimum Gasteiger partial charge on any atom is -0.487 e. The summed E-state index contributed by atoms with van der Waals surface area (Å²) in [5.41, 5.74) is 2.80. The van der Waals surface area contributed by atoms with Crippen molar-refractivity contribution >= 4 is 11.6 Å². The number of likely N-dealkylation sites (N-methyl/N-ethyl adjacent to an activating group) is 1. The van der Waals surface area contributed by atoms with E-state index >= 15 is 0 Å². The average molecular weight is 356 g/mol. The molecule has 0 saturated heterocycles. The Morgan fingerprint density at radius 3 is 2.71 bits per heavy atom. The Morgan fingerprint density at radius 1 is 1.21 bits per heavy atom. The summed E-state index contributed by atoms with van der Waals surface area (Å²) in [4.78, 5) is 2.25. The third-order valence-electron chi connectivity index (χ3n) is 4.20. The highest BCUT2D eigenvalue weighted by Gasteiger charge is 2.31. The zero-order valence-electron chi connectivity index (χ0n) is 13.2. The van der Waals surface area contributed by atoms with Crippen LogP contribution in [-0.2, 0) is 25.7 Å². The minimum atomic E-state index is -4.41. The number of hydrogen-bond donors (Lipinski definition) is 0. The van der Waals surface area contributed by atoms with E-state index < -0.39 is 11.7 Å². The van der Waals surface area contributed by atoms with Crippen molar-refractivity contribution in [3.8, 4) is 5.75 Å². The zero-order valence-corrected chi connectivity index (χ0v) is 13.9. The molecule has 6 heteroatoms. The average Bonchev–Trinajstić information content (AvgIpc) is 2.52. The number of fused-ring (bicyclic) bond motifs is 1. The molecule has 1 aliphatic rings. The van der Waals surface area contributed by atoms with Crippen LogP contribution in [0.25, 0.3) is 0 Å². The molecule has 2 nitrogen and oxygen atoms in total. The Labute approximate surface area is 143 Å². The number of benzene rings is 2. The molecule has 0 fully saturated rings. The van der Waals surface area contributed by atoms with Crippen LogP contribution in [0.1, 0.15) is 22.3 Å². The van der Waals surface area contributed by atoms with Gasteiger partial charge in [0.05, 0.1) is 10.6 Å². The van der Waals surface area contributed by atoms with E-state index in [0.717, 1.165) is 37.2 Å². The standard InChI is InChI=1S/C18H17ClF3NO/c1-23-8-7-15-12(10-23)3-2-4-13(15)11-24-17-6-5-14(9-16(17)19)18(20,21)22/h2-6,9H,7-8,10-11H2,1H3. The molecular formula is C18H17ClF3NO. The number of ether oxygens (including phenoxy) is 1. The van der Waals surface area contributed by atoms with Gasteiger partial charge < -0.3 is 9.64 Å². The van der Waals surface area contributed by atoms with Crippen molar-refractivity contribution in [3.63, 3.8) is 0 Å². The lowest BCUT2D eigenvalue weighted by atomic mass is 9.95. The molecule has 0 N–H and O–H groups in total. The highest BCUT2D eigenvalue weighted by Crippen LogP contribution is 2.35. The molecule has 0 aliphatic carbocycles. The van der Waals surface area contributed by atoms with Crippen LogP contribution in [0.4, 0.5) is 13.2 Å². The van der Waals surface area contributed by atoms with E-state index in [1.54, 1.807) is 0 Å². The largest absolute Gasteiger partial charge is 0.487 e. The normalized spacial score (nSPS) is 15.2. The second-order valence-electron chi connectivity index (χ2n) is 5.97. The summed E-state index contributed by atoms with van der Waals surface area (Å²) in [6.45, 7) is 2.16. The van der Waals surface area contributed by atoms with Crippen LogP contribution in [0.15, 0.2) is 36.4 Å². The molecule has 3 rings (SSSR count). The van der Waals surface area contributed by atoms with E-state index in [2.05, 4.69) is 18.0 Å². The Bertz CT molecular complexity index is 746. The first-order valence-corrected chi connectivity index (χ1v) is 8.00. The van der Waals surface area contributed by atoms with E-state index in [1.807, 2.05) is 12.1 Å². The topological polar surface area (TPSA) is 12.5 Å². The Hall–Kier alpha value is -1.72. The van der Waals surface area contributed by atoms with Crippen LogP contribution in [0.5, 0.6) is 5.75 Å². The van der Waals surface area contributed by atoms with Crippen LogP contribution in [0.2, 0.25) is 5.02 Å². The SMILES string of the molecule is CN1CCc2c(COc3ccc(C(F)(F)F)cc3Cl)cccc2C1. The van der Waals surface area contributed by atoms with Crippen molar-refractivity contribution in [1.29, 1.82) is 0 Å². The van der Waals surface area contributed by atoms with Crippen LogP contribution < -0.4 is 4.74 Å². The lowest BCUT2D eigenvalue weighted by molar-refractivity contribution is -0.137. The zero-order chi connectivity index (χ0) is 17.3. The van der Waals surface area contributed by atoms with Gasteiger partial charge in [-0.3, -0.25) is 0 Å². The minimum absolute atomic E-state index is 0.0330. The lowest BCUT2D eigenvalue weighted by Crippen LogP contribution is -2.27. The molecule has 24 heavy (non-hydrogen) atoms. The molecule has 2 aromatic rings. The Balaban J connectivity index is 1.76. The quantitative estimate of drug-likeness (QED) is 0.774. The Morgan fingerprint density at radius 2 is 2.00 bits per heavy atom. The van der Waals surface area contributed by atoms with Crippen molar-refractivity contribution in [1.82, 2.24) is 4.90 Å². The summed E-state index contributed by atoms with van der Waals surface area (Å²) in [5.74, 6) is 0.259. The number of nitrogens with zero attached hydrogens (tertiary/aromatic N) is 1. The smallest absolute Gasteiger partial charge is 0.416 e. The number of hydrogen-bond acceptors (Lipinski definition) is 2. The van der Waals surface area contributed by atoms with Crippen molar-refractivity contribution in [2.45, 2.75) is 25.7 Å². The maximum Gasteiger partial charge on any atom is 0.416 e. The molecule has 0 amide bonds. The first kappa shape index (κ1) is 17.1. The molecule has 0 atom stereocenters. The molecule has 1 heterocycles. The summed E-state index contributed by atoms with van der Waals surface area (Å²) >= 11 is 5.93. The van der Waals surface area contributed by atoms with Crippen LogP contribution in [0.3, 0.4) is 0 Å². The van der Waals surface area contributed by atoms with E-state index in [0.29, 0.717) is 0 Å². The van der Waals surface area contributed by atoms with Gasteiger partial charge >= 0.3 is 6.18 Å². The van der Waals surface area contributed by atoms with Gasteiger partial charge in [0, 0.05) is 13.1 Å². The van der Waals surface area contributed by atoms with Crippen molar-refractivity contribution in [2.75, 3.05) is 13.6 Å². The van der Waals surface area contributed by atoms with E-state index in [4.69, 9.17) is 16.3 Å². The highest BCUT2D eigenvalue weighted by molar-refractivity contribution is 6.32. The molecular weight excluding hydrogens is 339 g/mol. The number of alkyl halides is 3. The van der Waals surface area contributed by atoms with E-state index in [9.17, 15) is 13.2 Å².